The third-order valence-corrected chi connectivity index (χ3v) is 5.40. The van der Waals surface area contributed by atoms with E-state index in [1.165, 1.54) is 4.90 Å². The van der Waals surface area contributed by atoms with E-state index < -0.39 is 0 Å². The molecule has 0 aromatic heterocycles. The zero-order chi connectivity index (χ0) is 18.1. The van der Waals surface area contributed by atoms with Gasteiger partial charge in [0, 0.05) is 39.3 Å². The maximum atomic E-state index is 12.4. The Hall–Kier alpha value is -2.08. The molecule has 0 N–H and O–H groups in total. The summed E-state index contributed by atoms with van der Waals surface area (Å²) >= 11 is 6.28. The van der Waals surface area contributed by atoms with Crippen molar-refractivity contribution >= 4 is 41.5 Å². The standard InChI is InChI=1S/C20H20ClN3O2.ClH/c21-17-7-3-4-8-18(17)23-12-9-22(10-13-23)11-14-24-19(25)15-5-1-2-6-16(15)20(24)26;/h1-8H,9-14H2;1H. The van der Waals surface area contributed by atoms with Crippen molar-refractivity contribution in [1.82, 2.24) is 9.80 Å². The Kier molecular flexibility index (Phi) is 6.05. The fraction of sp³-hybridized carbons (Fsp3) is 0.300. The van der Waals surface area contributed by atoms with E-state index in [4.69, 9.17) is 11.6 Å². The number of anilines is 1. The van der Waals surface area contributed by atoms with Crippen molar-refractivity contribution in [3.63, 3.8) is 0 Å². The van der Waals surface area contributed by atoms with Crippen LogP contribution in [0.4, 0.5) is 5.69 Å². The number of fused-ring (bicyclic) bond motifs is 1. The van der Waals surface area contributed by atoms with Crippen molar-refractivity contribution in [2.75, 3.05) is 44.2 Å². The van der Waals surface area contributed by atoms with Crippen LogP contribution in [0, 0.1) is 0 Å². The van der Waals surface area contributed by atoms with Gasteiger partial charge in [0.25, 0.3) is 11.8 Å². The largest absolute Gasteiger partial charge is 0.368 e. The van der Waals surface area contributed by atoms with Gasteiger partial charge in [0.1, 0.15) is 0 Å². The summed E-state index contributed by atoms with van der Waals surface area (Å²) in [7, 11) is 0. The van der Waals surface area contributed by atoms with E-state index in [-0.39, 0.29) is 24.2 Å². The smallest absolute Gasteiger partial charge is 0.261 e. The van der Waals surface area contributed by atoms with Crippen LogP contribution in [0.25, 0.3) is 0 Å². The normalized spacial score (nSPS) is 17.1. The number of benzene rings is 2. The summed E-state index contributed by atoms with van der Waals surface area (Å²) < 4.78 is 0. The maximum Gasteiger partial charge on any atom is 0.261 e. The lowest BCUT2D eigenvalue weighted by atomic mass is 10.1. The highest BCUT2D eigenvalue weighted by molar-refractivity contribution is 6.33. The quantitative estimate of drug-likeness (QED) is 0.732. The van der Waals surface area contributed by atoms with Gasteiger partial charge >= 0.3 is 0 Å². The van der Waals surface area contributed by atoms with Crippen LogP contribution in [0.5, 0.6) is 0 Å². The Balaban J connectivity index is 0.00000210. The molecule has 1 saturated heterocycles. The van der Waals surface area contributed by atoms with E-state index >= 15 is 0 Å². The second-order valence-electron chi connectivity index (χ2n) is 6.59. The van der Waals surface area contributed by atoms with Crippen molar-refractivity contribution in [2.24, 2.45) is 0 Å². The number of carbonyl (C=O) groups excluding carboxylic acids is 2. The molecule has 7 heteroatoms. The molecule has 4 rings (SSSR count). The molecular formula is C20H21Cl2N3O2. The van der Waals surface area contributed by atoms with E-state index in [2.05, 4.69) is 9.80 Å². The van der Waals surface area contributed by atoms with Crippen molar-refractivity contribution in [3.8, 4) is 0 Å². The summed E-state index contributed by atoms with van der Waals surface area (Å²) in [6.07, 6.45) is 0. The molecule has 2 aliphatic heterocycles. The molecule has 0 unspecified atom stereocenters. The maximum absolute atomic E-state index is 12.4. The lowest BCUT2D eigenvalue weighted by Crippen LogP contribution is -2.49. The number of para-hydroxylation sites is 1. The molecule has 2 heterocycles. The van der Waals surface area contributed by atoms with Crippen molar-refractivity contribution in [3.05, 3.63) is 64.7 Å². The van der Waals surface area contributed by atoms with Crippen LogP contribution >= 0.6 is 24.0 Å². The minimum absolute atomic E-state index is 0. The van der Waals surface area contributed by atoms with Crippen molar-refractivity contribution < 1.29 is 9.59 Å². The minimum Gasteiger partial charge on any atom is -0.368 e. The van der Waals surface area contributed by atoms with Crippen molar-refractivity contribution in [1.29, 1.82) is 0 Å². The van der Waals surface area contributed by atoms with Gasteiger partial charge in [-0.1, -0.05) is 35.9 Å². The predicted octanol–water partition coefficient (Wildman–Crippen LogP) is 3.18. The van der Waals surface area contributed by atoms with Crippen LogP contribution in [0.1, 0.15) is 20.7 Å². The van der Waals surface area contributed by atoms with E-state index in [0.717, 1.165) is 36.9 Å². The van der Waals surface area contributed by atoms with Gasteiger partial charge in [-0.25, -0.2) is 0 Å². The summed E-state index contributed by atoms with van der Waals surface area (Å²) in [5, 5.41) is 0.770. The van der Waals surface area contributed by atoms with Gasteiger partial charge in [0.05, 0.1) is 21.8 Å². The number of hydrogen-bond acceptors (Lipinski definition) is 4. The van der Waals surface area contributed by atoms with Crippen LogP contribution in [0.2, 0.25) is 5.02 Å². The van der Waals surface area contributed by atoms with Gasteiger partial charge in [0.15, 0.2) is 0 Å². The Labute approximate surface area is 169 Å². The minimum atomic E-state index is -0.180. The Bertz CT molecular complexity index is 816. The molecule has 142 valence electrons. The fourth-order valence-electron chi connectivity index (χ4n) is 3.60. The summed E-state index contributed by atoms with van der Waals surface area (Å²) in [6, 6.07) is 14.9. The lowest BCUT2D eigenvalue weighted by Gasteiger charge is -2.36. The average molecular weight is 406 g/mol. The number of carbonyl (C=O) groups is 2. The number of halogens is 2. The predicted molar refractivity (Wildman–Crippen MR) is 109 cm³/mol. The molecule has 0 aliphatic carbocycles. The van der Waals surface area contributed by atoms with Crippen LogP contribution < -0.4 is 4.90 Å². The second-order valence-corrected chi connectivity index (χ2v) is 6.99. The summed E-state index contributed by atoms with van der Waals surface area (Å²) in [6.45, 7) is 4.65. The molecule has 0 bridgehead atoms. The van der Waals surface area contributed by atoms with Gasteiger partial charge < -0.3 is 4.90 Å². The number of rotatable bonds is 4. The van der Waals surface area contributed by atoms with E-state index in [9.17, 15) is 9.59 Å². The molecular weight excluding hydrogens is 385 g/mol. The fourth-order valence-corrected chi connectivity index (χ4v) is 3.86. The average Bonchev–Trinajstić information content (AvgIpc) is 2.92. The van der Waals surface area contributed by atoms with E-state index in [1.54, 1.807) is 24.3 Å². The highest BCUT2D eigenvalue weighted by Gasteiger charge is 2.35. The molecule has 2 amide bonds. The third kappa shape index (κ3) is 3.81. The van der Waals surface area contributed by atoms with Crippen LogP contribution in [-0.2, 0) is 0 Å². The Morgan fingerprint density at radius 3 is 1.93 bits per heavy atom. The first-order valence-corrected chi connectivity index (χ1v) is 9.20. The Morgan fingerprint density at radius 1 is 0.778 bits per heavy atom. The number of imide groups is 1. The highest BCUT2D eigenvalue weighted by Crippen LogP contribution is 2.26. The first-order chi connectivity index (χ1) is 12.6. The van der Waals surface area contributed by atoms with Crippen LogP contribution in [0.15, 0.2) is 48.5 Å². The molecule has 1 fully saturated rings. The molecule has 0 saturated carbocycles. The molecule has 5 nitrogen and oxygen atoms in total. The summed E-state index contributed by atoms with van der Waals surface area (Å²) in [5.41, 5.74) is 2.09. The molecule has 0 atom stereocenters. The van der Waals surface area contributed by atoms with Gasteiger partial charge in [-0.05, 0) is 24.3 Å². The van der Waals surface area contributed by atoms with Gasteiger partial charge in [0.2, 0.25) is 0 Å². The first-order valence-electron chi connectivity index (χ1n) is 8.82. The molecule has 27 heavy (non-hydrogen) atoms. The summed E-state index contributed by atoms with van der Waals surface area (Å²) in [5.74, 6) is -0.361. The van der Waals surface area contributed by atoms with Gasteiger partial charge in [-0.2, -0.15) is 0 Å². The second kappa shape index (κ2) is 8.30. The molecule has 0 spiro atoms. The lowest BCUT2D eigenvalue weighted by molar-refractivity contribution is 0.0635. The van der Waals surface area contributed by atoms with Crippen LogP contribution in [-0.4, -0.2) is 60.9 Å². The van der Waals surface area contributed by atoms with E-state index in [0.29, 0.717) is 24.2 Å². The number of piperazine rings is 1. The van der Waals surface area contributed by atoms with Gasteiger partial charge in [-0.15, -0.1) is 12.4 Å². The molecule has 2 aliphatic rings. The monoisotopic (exact) mass is 405 g/mol. The third-order valence-electron chi connectivity index (χ3n) is 5.08. The van der Waals surface area contributed by atoms with Gasteiger partial charge in [-0.3, -0.25) is 19.4 Å². The molecule has 2 aromatic rings. The zero-order valence-corrected chi connectivity index (χ0v) is 16.4. The SMILES string of the molecule is Cl.O=C1c2ccccc2C(=O)N1CCN1CCN(c2ccccc2Cl)CC1. The number of amides is 2. The number of hydrogen-bond donors (Lipinski definition) is 0. The van der Waals surface area contributed by atoms with Crippen molar-refractivity contribution in [2.45, 2.75) is 0 Å². The molecule has 2 aromatic carbocycles. The highest BCUT2D eigenvalue weighted by atomic mass is 35.5. The Morgan fingerprint density at radius 2 is 1.33 bits per heavy atom. The van der Waals surface area contributed by atoms with Crippen LogP contribution in [0.3, 0.4) is 0 Å². The first kappa shape index (κ1) is 19.7. The summed E-state index contributed by atoms with van der Waals surface area (Å²) in [4.78, 5) is 30.8. The number of nitrogens with zero attached hydrogens (tertiary/aromatic N) is 3. The molecule has 0 radical (unpaired) electrons. The van der Waals surface area contributed by atoms with E-state index in [1.807, 2.05) is 24.3 Å². The topological polar surface area (TPSA) is 43.9 Å². The zero-order valence-electron chi connectivity index (χ0n) is 14.8.